The summed E-state index contributed by atoms with van der Waals surface area (Å²) >= 11 is 11.4. The van der Waals surface area contributed by atoms with Crippen molar-refractivity contribution in [1.82, 2.24) is 15.0 Å². The van der Waals surface area contributed by atoms with Crippen LogP contribution in [0.4, 0.5) is 40.8 Å². The zero-order valence-corrected chi connectivity index (χ0v) is 69.2. The lowest BCUT2D eigenvalue weighted by molar-refractivity contribution is -0.274. The van der Waals surface area contributed by atoms with Gasteiger partial charge in [-0.3, -0.25) is 15.0 Å². The zero-order valence-electron chi connectivity index (χ0n) is 67.7. The van der Waals surface area contributed by atoms with Crippen LogP contribution in [0, 0.1) is 120 Å². The van der Waals surface area contributed by atoms with Crippen molar-refractivity contribution in [2.75, 3.05) is 19.5 Å². The monoisotopic (exact) mass is 1600 g/mol. The Morgan fingerprint density at radius 2 is 0.763 bits per heavy atom. The van der Waals surface area contributed by atoms with Gasteiger partial charge in [-0.05, 0) is 244 Å². The fourth-order valence-electron chi connectivity index (χ4n) is 8.36. The number of hydrogen-bond acceptors (Lipinski definition) is 8. The molecule has 13 rings (SSSR count). The number of anilines is 1. The van der Waals surface area contributed by atoms with Crippen LogP contribution in [0.15, 0.2) is 310 Å². The van der Waals surface area contributed by atoms with E-state index < -0.39 is 18.1 Å². The molecule has 0 aliphatic rings. The molecule has 0 atom stereocenters. The molecule has 2 N–H and O–H groups in total. The van der Waals surface area contributed by atoms with Gasteiger partial charge in [-0.25, -0.2) is 8.78 Å². The molecule has 3 aromatic heterocycles. The van der Waals surface area contributed by atoms with E-state index in [0.717, 1.165) is 80.0 Å². The number of nitrogen functional groups attached to an aromatic ring is 1. The molecule has 0 aliphatic carbocycles. The van der Waals surface area contributed by atoms with Crippen molar-refractivity contribution < 1.29 is 49.3 Å². The maximum Gasteiger partial charge on any atom is 0.573 e. The molecule has 0 spiro atoms. The molecule has 10 aromatic carbocycles. The molecule has 0 amide bonds. The first-order valence-electron chi connectivity index (χ1n) is 36.1. The van der Waals surface area contributed by atoms with Crippen LogP contribution in [-0.2, 0) is 6.18 Å². The van der Waals surface area contributed by atoms with Crippen LogP contribution < -0.4 is 19.9 Å². The van der Waals surface area contributed by atoms with Gasteiger partial charge in [0.2, 0.25) is 0 Å². The second-order valence-electron chi connectivity index (χ2n) is 24.8. The van der Waals surface area contributed by atoms with Gasteiger partial charge < -0.3 is 19.9 Å². The number of alkyl halides is 6. The standard InChI is InChI=1S/C10H14O.C8H7F3O.C8H7F3.C8H7N.C8H10O.C8H10.C7H7Cl.C7H7F.C7H9N.C7H8.C6H6ClN.C6H6FN.C6H7N/c1-3-8-11-10-7-5-4-6-9(10)2;1-6-4-2-3-5-7(6)12-8(9,10)11;1-6-4-2-3-5-7(6)8(9,10)11;1-7-4-2-3-5-8(7)6-9;1-7-5-3-4-6-8(7)9-2;1-7-5-3-4-6-8(7)2;3*1-6-4-2-3-5-7(6)8;1-7-5-3-2-4-6-7;2*1-5-6(7)3-2-4-8-5;1-6-4-2-3-5-7-6/h4-7H,3,8H2,1-2H3;2-5H,1H3;2-5H,1H3;2-5H,1H3;3-6H,1-2H3;3-6H,1-2H3;2*2-5H,1H3;2-5H,8H2,1H3;2-6H,1H3;2*2-4H,1H3;2-5H,1H3. The SMILES string of the molecule is CCCOc1ccccc1C.COc1ccccc1C.Cc1ccccc1.Cc1ccccc1C.Cc1ccccc1C#N.Cc1ccccc1C(F)(F)F.Cc1ccccc1Cl.Cc1ccccc1F.Cc1ccccc1N.Cc1ccccc1OC(F)(F)F.Cc1ccccn1.Cc1ncccc1Cl.Cc1ncccc1F. The van der Waals surface area contributed by atoms with Gasteiger partial charge in [0.15, 0.2) is 0 Å². The molecule has 18 heteroatoms. The number of benzene rings is 10. The lowest BCUT2D eigenvalue weighted by atomic mass is 10.1. The normalized spacial score (nSPS) is 9.59. The predicted octanol–water partition coefficient (Wildman–Crippen LogP) is 28.2. The van der Waals surface area contributed by atoms with Crippen molar-refractivity contribution in [3.63, 3.8) is 0 Å². The van der Waals surface area contributed by atoms with Gasteiger partial charge in [0, 0.05) is 35.0 Å². The fraction of sp³-hybridized carbons (Fsp3) is 0.208. The Balaban J connectivity index is 0.000000619. The maximum atomic E-state index is 12.3. The second kappa shape index (κ2) is 58.3. The predicted molar refractivity (Wildman–Crippen MR) is 457 cm³/mol. The first-order valence-corrected chi connectivity index (χ1v) is 36.9. The first kappa shape index (κ1) is 100. The van der Waals surface area contributed by atoms with E-state index in [1.165, 1.54) is 71.1 Å². The third kappa shape index (κ3) is 47.5. The number of hydrogen-bond donors (Lipinski definition) is 1. The lowest BCUT2D eigenvalue weighted by Crippen LogP contribution is -2.17. The Morgan fingerprint density at radius 1 is 0.368 bits per heavy atom. The number of para-hydroxylation sites is 4. The van der Waals surface area contributed by atoms with E-state index in [0.29, 0.717) is 16.8 Å². The summed E-state index contributed by atoms with van der Waals surface area (Å²) in [6.45, 7) is 29.5. The number of aromatic nitrogens is 3. The molecule has 0 aliphatic heterocycles. The second-order valence-corrected chi connectivity index (χ2v) is 25.7. The molecule has 0 saturated carbocycles. The number of aryl methyl sites for hydroxylation is 14. The summed E-state index contributed by atoms with van der Waals surface area (Å²) in [5, 5.41) is 10.0. The van der Waals surface area contributed by atoms with Gasteiger partial charge in [-0.1, -0.05) is 242 Å². The molecule has 8 nitrogen and oxygen atoms in total. The van der Waals surface area contributed by atoms with Crippen LogP contribution in [0.5, 0.6) is 17.2 Å². The summed E-state index contributed by atoms with van der Waals surface area (Å²) in [4.78, 5) is 11.6. The highest BCUT2D eigenvalue weighted by Crippen LogP contribution is 2.31. The third-order valence-electron chi connectivity index (χ3n) is 15.3. The zero-order chi connectivity index (χ0) is 85.3. The third-order valence-corrected chi connectivity index (χ3v) is 16.1. The molecule has 13 aromatic rings. The minimum Gasteiger partial charge on any atom is -0.496 e. The highest BCUT2D eigenvalue weighted by atomic mass is 35.5. The molecule has 0 fully saturated rings. The molecular formula is C96H105Cl2F8N5O3. The van der Waals surface area contributed by atoms with Crippen LogP contribution >= 0.6 is 23.2 Å². The number of ether oxygens (including phenoxy) is 3. The Morgan fingerprint density at radius 3 is 1.05 bits per heavy atom. The smallest absolute Gasteiger partial charge is 0.496 e. The van der Waals surface area contributed by atoms with Crippen LogP contribution in [0.2, 0.25) is 10.0 Å². The van der Waals surface area contributed by atoms with Gasteiger partial charge in [0.05, 0.1) is 47.3 Å². The van der Waals surface area contributed by atoms with Gasteiger partial charge in [-0.2, -0.15) is 18.4 Å². The summed E-state index contributed by atoms with van der Waals surface area (Å²) in [6, 6.07) is 90.5. The van der Waals surface area contributed by atoms with Crippen molar-refractivity contribution in [3.05, 3.63) is 421 Å². The summed E-state index contributed by atoms with van der Waals surface area (Å²) in [7, 11) is 1.68. The van der Waals surface area contributed by atoms with Crippen molar-refractivity contribution in [3.8, 4) is 23.3 Å². The van der Waals surface area contributed by atoms with E-state index in [1.807, 2.05) is 211 Å². The number of rotatable bonds is 5. The number of nitrogens with zero attached hydrogens (tertiary/aromatic N) is 4. The topological polar surface area (TPSA) is 116 Å². The van der Waals surface area contributed by atoms with Gasteiger partial charge >= 0.3 is 12.5 Å². The highest BCUT2D eigenvalue weighted by molar-refractivity contribution is 6.31. The average Bonchev–Trinajstić information content (AvgIpc) is 0.840. The minimum absolute atomic E-state index is 0.132. The van der Waals surface area contributed by atoms with Gasteiger partial charge in [-0.15, -0.1) is 13.2 Å². The van der Waals surface area contributed by atoms with Gasteiger partial charge in [0.1, 0.15) is 28.9 Å². The largest absolute Gasteiger partial charge is 0.573 e. The van der Waals surface area contributed by atoms with E-state index in [1.54, 1.807) is 82.9 Å². The molecule has 3 heterocycles. The first-order chi connectivity index (χ1) is 54.1. The minimum atomic E-state index is -4.61. The molecule has 0 saturated heterocycles. The van der Waals surface area contributed by atoms with Crippen LogP contribution in [0.3, 0.4) is 0 Å². The Labute approximate surface area is 681 Å². The number of nitrogens with two attached hydrogens (primary N) is 1. The van der Waals surface area contributed by atoms with Crippen molar-refractivity contribution in [2.45, 2.75) is 123 Å². The van der Waals surface area contributed by atoms with Crippen LogP contribution in [-0.4, -0.2) is 35.0 Å². The summed E-state index contributed by atoms with van der Waals surface area (Å²) in [6.07, 6.45) is -2.68. The lowest BCUT2D eigenvalue weighted by Gasteiger charge is -2.10. The number of nitriles is 1. The fourth-order valence-corrected chi connectivity index (χ4v) is 8.62. The van der Waals surface area contributed by atoms with Crippen molar-refractivity contribution in [2.24, 2.45) is 0 Å². The van der Waals surface area contributed by atoms with E-state index in [-0.39, 0.29) is 22.9 Å². The summed E-state index contributed by atoms with van der Waals surface area (Å²) < 4.78 is 110. The van der Waals surface area contributed by atoms with Crippen LogP contribution in [0.25, 0.3) is 0 Å². The highest BCUT2D eigenvalue weighted by Gasteiger charge is 2.32. The Kier molecular flexibility index (Phi) is 51.3. The Hall–Kier alpha value is -11.6. The average molecular weight is 1600 g/mol. The molecule has 0 unspecified atom stereocenters. The number of pyridine rings is 3. The molecule has 602 valence electrons. The van der Waals surface area contributed by atoms with Crippen molar-refractivity contribution in [1.29, 1.82) is 5.26 Å². The summed E-state index contributed by atoms with van der Waals surface area (Å²) in [5.74, 6) is 1.44. The van der Waals surface area contributed by atoms with Gasteiger partial charge in [0.25, 0.3) is 0 Å². The molecule has 114 heavy (non-hydrogen) atoms. The van der Waals surface area contributed by atoms with E-state index in [4.69, 9.17) is 43.7 Å². The van der Waals surface area contributed by atoms with E-state index in [2.05, 4.69) is 103 Å². The number of methoxy groups -OCH3 is 1. The quantitative estimate of drug-likeness (QED) is 0.134. The molecule has 0 bridgehead atoms. The molecule has 0 radical (unpaired) electrons. The van der Waals surface area contributed by atoms with Crippen LogP contribution in [0.1, 0.15) is 103 Å². The summed E-state index contributed by atoms with van der Waals surface area (Å²) in [5.41, 5.74) is 20.2. The molecular weight excluding hydrogens is 1490 g/mol. The maximum absolute atomic E-state index is 12.3. The van der Waals surface area contributed by atoms with Crippen molar-refractivity contribution >= 4 is 28.9 Å². The Bertz CT molecular complexity index is 4270. The van der Waals surface area contributed by atoms with E-state index >= 15 is 0 Å². The van der Waals surface area contributed by atoms with E-state index in [9.17, 15) is 35.1 Å². The number of halogens is 10.